The largest absolute Gasteiger partial charge is 0.493 e. The Morgan fingerprint density at radius 2 is 2.00 bits per heavy atom. The van der Waals surface area contributed by atoms with Crippen LogP contribution >= 0.6 is 0 Å². The van der Waals surface area contributed by atoms with Crippen molar-refractivity contribution in [2.24, 2.45) is 0 Å². The van der Waals surface area contributed by atoms with Crippen molar-refractivity contribution in [1.82, 2.24) is 4.72 Å². The topological polar surface area (TPSA) is 64.6 Å². The SMILES string of the molecule is CCS(=O)(=O)NCCOc1ccc2c(c1)C(Cc1ccccc1)CCCO2. The number of rotatable bonds is 8. The highest BCUT2D eigenvalue weighted by molar-refractivity contribution is 7.89. The minimum absolute atomic E-state index is 0.0738. The molecule has 1 heterocycles. The lowest BCUT2D eigenvalue weighted by atomic mass is 9.88. The molecule has 0 amide bonds. The first-order chi connectivity index (χ1) is 13.1. The highest BCUT2D eigenvalue weighted by Gasteiger charge is 2.21. The van der Waals surface area contributed by atoms with Crippen molar-refractivity contribution in [2.45, 2.75) is 32.1 Å². The molecule has 1 aliphatic rings. The summed E-state index contributed by atoms with van der Waals surface area (Å²) in [6.07, 6.45) is 3.07. The highest BCUT2D eigenvalue weighted by Crippen LogP contribution is 2.37. The number of fused-ring (bicyclic) bond motifs is 1. The Kier molecular flexibility index (Phi) is 6.74. The fourth-order valence-electron chi connectivity index (χ4n) is 3.31. The normalized spacial score (nSPS) is 16.9. The van der Waals surface area contributed by atoms with Gasteiger partial charge in [-0.25, -0.2) is 13.1 Å². The molecule has 0 spiro atoms. The van der Waals surface area contributed by atoms with Gasteiger partial charge in [0.2, 0.25) is 10.0 Å². The summed E-state index contributed by atoms with van der Waals surface area (Å²) in [5, 5.41) is 0. The number of nitrogens with one attached hydrogen (secondary N) is 1. The van der Waals surface area contributed by atoms with Crippen LogP contribution in [0.15, 0.2) is 48.5 Å². The molecule has 1 atom stereocenters. The second-order valence-electron chi connectivity index (χ2n) is 6.72. The van der Waals surface area contributed by atoms with Crippen LogP contribution in [0.1, 0.15) is 36.8 Å². The summed E-state index contributed by atoms with van der Waals surface area (Å²) in [4.78, 5) is 0. The summed E-state index contributed by atoms with van der Waals surface area (Å²) in [5.41, 5.74) is 2.48. The third-order valence-electron chi connectivity index (χ3n) is 4.77. The molecule has 5 nitrogen and oxygen atoms in total. The summed E-state index contributed by atoms with van der Waals surface area (Å²) in [6, 6.07) is 16.4. The molecule has 1 unspecified atom stereocenters. The fourth-order valence-corrected chi connectivity index (χ4v) is 3.91. The van der Waals surface area contributed by atoms with Gasteiger partial charge in [0.1, 0.15) is 18.1 Å². The van der Waals surface area contributed by atoms with E-state index in [1.807, 2.05) is 24.3 Å². The van der Waals surface area contributed by atoms with Crippen LogP contribution in [-0.4, -0.2) is 33.9 Å². The molecule has 2 aromatic rings. The predicted molar refractivity (Wildman–Crippen MR) is 107 cm³/mol. The lowest BCUT2D eigenvalue weighted by molar-refractivity contribution is 0.311. The van der Waals surface area contributed by atoms with E-state index in [2.05, 4.69) is 29.0 Å². The van der Waals surface area contributed by atoms with Gasteiger partial charge in [-0.1, -0.05) is 30.3 Å². The molecule has 1 N–H and O–H groups in total. The Balaban J connectivity index is 1.68. The van der Waals surface area contributed by atoms with Gasteiger partial charge in [0.05, 0.1) is 12.4 Å². The molecule has 0 fully saturated rings. The van der Waals surface area contributed by atoms with E-state index in [0.717, 1.165) is 37.4 Å². The maximum atomic E-state index is 11.5. The van der Waals surface area contributed by atoms with Crippen molar-refractivity contribution < 1.29 is 17.9 Å². The van der Waals surface area contributed by atoms with Crippen LogP contribution in [-0.2, 0) is 16.4 Å². The van der Waals surface area contributed by atoms with Gasteiger partial charge in [-0.2, -0.15) is 0 Å². The van der Waals surface area contributed by atoms with Gasteiger partial charge >= 0.3 is 0 Å². The second-order valence-corrected chi connectivity index (χ2v) is 8.82. The summed E-state index contributed by atoms with van der Waals surface area (Å²) in [5.74, 6) is 2.12. The smallest absolute Gasteiger partial charge is 0.211 e. The maximum absolute atomic E-state index is 11.5. The van der Waals surface area contributed by atoms with Crippen LogP contribution in [0.4, 0.5) is 0 Å². The Bertz CT molecular complexity index is 837. The number of sulfonamides is 1. The van der Waals surface area contributed by atoms with Gasteiger partial charge in [0.25, 0.3) is 0 Å². The molecule has 0 aromatic heterocycles. The molecule has 1 aliphatic heterocycles. The van der Waals surface area contributed by atoms with Gasteiger partial charge < -0.3 is 9.47 Å². The van der Waals surface area contributed by atoms with Gasteiger partial charge in [0.15, 0.2) is 0 Å². The van der Waals surface area contributed by atoms with E-state index >= 15 is 0 Å². The molecular formula is C21H27NO4S. The van der Waals surface area contributed by atoms with Crippen molar-refractivity contribution in [1.29, 1.82) is 0 Å². The van der Waals surface area contributed by atoms with Crippen molar-refractivity contribution in [2.75, 3.05) is 25.5 Å². The average molecular weight is 390 g/mol. The summed E-state index contributed by atoms with van der Waals surface area (Å²) < 4.78 is 37.1. The first-order valence-electron chi connectivity index (χ1n) is 9.48. The van der Waals surface area contributed by atoms with Crippen molar-refractivity contribution in [3.05, 3.63) is 59.7 Å². The summed E-state index contributed by atoms with van der Waals surface area (Å²) in [7, 11) is -3.19. The molecule has 2 aromatic carbocycles. The van der Waals surface area contributed by atoms with E-state index < -0.39 is 10.0 Å². The minimum Gasteiger partial charge on any atom is -0.493 e. The number of benzene rings is 2. The van der Waals surface area contributed by atoms with E-state index in [4.69, 9.17) is 9.47 Å². The average Bonchev–Trinajstić information content (AvgIpc) is 2.88. The van der Waals surface area contributed by atoms with E-state index in [0.29, 0.717) is 12.5 Å². The Labute approximate surface area is 161 Å². The molecule has 0 radical (unpaired) electrons. The molecule has 0 bridgehead atoms. The lowest BCUT2D eigenvalue weighted by Gasteiger charge is -2.18. The van der Waals surface area contributed by atoms with Crippen molar-refractivity contribution in [3.8, 4) is 11.5 Å². The zero-order valence-corrected chi connectivity index (χ0v) is 16.5. The molecule has 27 heavy (non-hydrogen) atoms. The third-order valence-corrected chi connectivity index (χ3v) is 6.18. The molecular weight excluding hydrogens is 362 g/mol. The molecule has 0 saturated heterocycles. The number of hydrogen-bond acceptors (Lipinski definition) is 4. The van der Waals surface area contributed by atoms with Crippen LogP contribution in [0.25, 0.3) is 0 Å². The highest BCUT2D eigenvalue weighted by atomic mass is 32.2. The van der Waals surface area contributed by atoms with Crippen LogP contribution < -0.4 is 14.2 Å². The van der Waals surface area contributed by atoms with Crippen molar-refractivity contribution >= 4 is 10.0 Å². The van der Waals surface area contributed by atoms with E-state index in [1.54, 1.807) is 6.92 Å². The zero-order chi connectivity index (χ0) is 19.1. The Hall–Kier alpha value is -2.05. The van der Waals surface area contributed by atoms with Gasteiger partial charge in [-0.15, -0.1) is 0 Å². The lowest BCUT2D eigenvalue weighted by Crippen LogP contribution is -2.29. The van der Waals surface area contributed by atoms with Crippen LogP contribution in [0.5, 0.6) is 11.5 Å². The van der Waals surface area contributed by atoms with Crippen LogP contribution in [0, 0.1) is 0 Å². The van der Waals surface area contributed by atoms with Gasteiger partial charge in [0, 0.05) is 12.1 Å². The van der Waals surface area contributed by atoms with Crippen LogP contribution in [0.3, 0.4) is 0 Å². The van der Waals surface area contributed by atoms with Crippen LogP contribution in [0.2, 0.25) is 0 Å². The zero-order valence-electron chi connectivity index (χ0n) is 15.7. The summed E-state index contributed by atoms with van der Waals surface area (Å²) >= 11 is 0. The number of ether oxygens (including phenoxy) is 2. The third kappa shape index (κ3) is 5.71. The first-order valence-corrected chi connectivity index (χ1v) is 11.1. The Morgan fingerprint density at radius 3 is 2.78 bits per heavy atom. The first kappa shape index (κ1) is 19.7. The predicted octanol–water partition coefficient (Wildman–Crippen LogP) is 3.50. The Morgan fingerprint density at radius 1 is 1.19 bits per heavy atom. The molecule has 6 heteroatoms. The van der Waals surface area contributed by atoms with Crippen molar-refractivity contribution in [3.63, 3.8) is 0 Å². The fraction of sp³-hybridized carbons (Fsp3) is 0.429. The number of hydrogen-bond donors (Lipinski definition) is 1. The van der Waals surface area contributed by atoms with E-state index in [-0.39, 0.29) is 12.3 Å². The molecule has 146 valence electrons. The molecule has 0 saturated carbocycles. The summed E-state index contributed by atoms with van der Waals surface area (Å²) in [6.45, 7) is 2.90. The van der Waals surface area contributed by atoms with Gasteiger partial charge in [-0.05, 0) is 55.9 Å². The monoisotopic (exact) mass is 389 g/mol. The van der Waals surface area contributed by atoms with E-state index in [9.17, 15) is 8.42 Å². The molecule has 3 rings (SSSR count). The van der Waals surface area contributed by atoms with E-state index in [1.165, 1.54) is 11.1 Å². The van der Waals surface area contributed by atoms with Gasteiger partial charge in [-0.3, -0.25) is 0 Å². The molecule has 0 aliphatic carbocycles. The second kappa shape index (κ2) is 9.24. The maximum Gasteiger partial charge on any atom is 0.211 e. The standard InChI is InChI=1S/C21H27NO4S/c1-2-27(23,24)22-12-14-25-19-10-11-21-20(16-19)18(9-6-13-26-21)15-17-7-4-3-5-8-17/h3-5,7-8,10-11,16,18,22H,2,6,9,12-15H2,1H3. The minimum atomic E-state index is -3.19. The quantitative estimate of drug-likeness (QED) is 0.702.